The zero-order valence-corrected chi connectivity index (χ0v) is 11.1. The van der Waals surface area contributed by atoms with Crippen molar-refractivity contribution in [1.82, 2.24) is 19.5 Å². The van der Waals surface area contributed by atoms with Crippen molar-refractivity contribution in [3.63, 3.8) is 0 Å². The van der Waals surface area contributed by atoms with E-state index >= 15 is 0 Å². The molecule has 0 spiro atoms. The molecule has 20 heavy (non-hydrogen) atoms. The number of hydrogen-bond donors (Lipinski definition) is 2. The summed E-state index contributed by atoms with van der Waals surface area (Å²) in [7, 11) is 0. The lowest BCUT2D eigenvalue weighted by Crippen LogP contribution is -2.08. The number of imidazole rings is 1. The Hall–Kier alpha value is -1.95. The molecule has 6 nitrogen and oxygen atoms in total. The number of aliphatic hydroxyl groups is 1. The van der Waals surface area contributed by atoms with Crippen LogP contribution in [0.25, 0.3) is 11.2 Å². The number of aliphatic hydroxyl groups excluding tert-OH is 1. The maximum Gasteiger partial charge on any atom is 0.165 e. The summed E-state index contributed by atoms with van der Waals surface area (Å²) in [6, 6.07) is 0.768. The average molecular weight is 271 g/mol. The van der Waals surface area contributed by atoms with Gasteiger partial charge in [0, 0.05) is 18.6 Å². The van der Waals surface area contributed by atoms with Crippen molar-refractivity contribution in [3.05, 3.63) is 24.8 Å². The van der Waals surface area contributed by atoms with E-state index in [0.717, 1.165) is 23.4 Å². The second kappa shape index (κ2) is 4.56. The van der Waals surface area contributed by atoms with Gasteiger partial charge in [-0.25, -0.2) is 15.0 Å². The Kier molecular flexibility index (Phi) is 2.70. The van der Waals surface area contributed by atoms with Crippen LogP contribution in [0.2, 0.25) is 0 Å². The summed E-state index contributed by atoms with van der Waals surface area (Å²) in [4.78, 5) is 13.2. The van der Waals surface area contributed by atoms with E-state index in [1.165, 1.54) is 12.8 Å². The fourth-order valence-corrected chi connectivity index (χ4v) is 2.72. The molecule has 2 aliphatic carbocycles. The Bertz CT molecular complexity index is 661. The molecule has 2 atom stereocenters. The van der Waals surface area contributed by atoms with Gasteiger partial charge in [-0.2, -0.15) is 0 Å². The van der Waals surface area contributed by atoms with Gasteiger partial charge < -0.3 is 15.0 Å². The molecule has 0 aromatic carbocycles. The third-order valence-corrected chi connectivity index (χ3v) is 4.02. The van der Waals surface area contributed by atoms with Gasteiger partial charge in [0.25, 0.3) is 0 Å². The molecule has 1 fully saturated rings. The zero-order chi connectivity index (χ0) is 13.5. The minimum absolute atomic E-state index is 0.198. The van der Waals surface area contributed by atoms with Crippen molar-refractivity contribution in [1.29, 1.82) is 0 Å². The molecule has 2 N–H and O–H groups in total. The third kappa shape index (κ3) is 1.96. The van der Waals surface area contributed by atoms with Gasteiger partial charge in [0.15, 0.2) is 11.5 Å². The van der Waals surface area contributed by atoms with Gasteiger partial charge in [-0.1, -0.05) is 12.2 Å². The highest BCUT2D eigenvalue weighted by Crippen LogP contribution is 2.32. The van der Waals surface area contributed by atoms with Crippen molar-refractivity contribution in [2.45, 2.75) is 31.3 Å². The molecule has 2 aromatic rings. The van der Waals surface area contributed by atoms with Crippen LogP contribution >= 0.6 is 0 Å². The predicted molar refractivity (Wildman–Crippen MR) is 75.3 cm³/mol. The molecule has 4 rings (SSSR count). The molecule has 0 aliphatic heterocycles. The van der Waals surface area contributed by atoms with Crippen LogP contribution in [0, 0.1) is 5.92 Å². The van der Waals surface area contributed by atoms with Gasteiger partial charge in [0.1, 0.15) is 11.8 Å². The summed E-state index contributed by atoms with van der Waals surface area (Å²) in [6.45, 7) is 0.198. The van der Waals surface area contributed by atoms with E-state index in [4.69, 9.17) is 0 Å². The number of nitrogens with one attached hydrogen (secondary N) is 1. The minimum atomic E-state index is 0.198. The molecule has 6 heteroatoms. The highest BCUT2D eigenvalue weighted by molar-refractivity contribution is 5.83. The Morgan fingerprint density at radius 1 is 1.25 bits per heavy atom. The standard InChI is InChI=1S/C14H17N5O/c20-6-9-1-4-11(5-9)19-8-17-12-13(18-10-2-3-10)15-7-16-14(12)19/h1,4,7-11,20H,2-3,5-6H2,(H,15,16,18)/t9-,11?/m1/s1. The first-order valence-electron chi connectivity index (χ1n) is 7.08. The van der Waals surface area contributed by atoms with Crippen LogP contribution in [0.5, 0.6) is 0 Å². The molecule has 104 valence electrons. The summed E-state index contributed by atoms with van der Waals surface area (Å²) < 4.78 is 2.07. The molecular formula is C14H17N5O. The van der Waals surface area contributed by atoms with Gasteiger partial charge in [0.05, 0.1) is 12.4 Å². The first kappa shape index (κ1) is 11.8. The average Bonchev–Trinajstić information content (AvgIpc) is 3.01. The van der Waals surface area contributed by atoms with Crippen LogP contribution in [0.4, 0.5) is 5.82 Å². The number of fused-ring (bicyclic) bond motifs is 1. The van der Waals surface area contributed by atoms with Crippen LogP contribution in [0.3, 0.4) is 0 Å². The van der Waals surface area contributed by atoms with E-state index in [2.05, 4.69) is 37.0 Å². The molecule has 1 unspecified atom stereocenters. The Morgan fingerprint density at radius 3 is 2.90 bits per heavy atom. The minimum Gasteiger partial charge on any atom is -0.396 e. The maximum atomic E-state index is 9.23. The number of rotatable bonds is 4. The SMILES string of the molecule is OC[C@@H]1C=CC(n2cnc3c(NC4CC4)ncnc32)C1. The first-order valence-corrected chi connectivity index (χ1v) is 7.08. The van der Waals surface area contributed by atoms with Gasteiger partial charge in [0.2, 0.25) is 0 Å². The molecule has 2 aliphatic rings. The molecule has 0 radical (unpaired) electrons. The lowest BCUT2D eigenvalue weighted by molar-refractivity contribution is 0.244. The van der Waals surface area contributed by atoms with Crippen LogP contribution < -0.4 is 5.32 Å². The highest BCUT2D eigenvalue weighted by atomic mass is 16.3. The smallest absolute Gasteiger partial charge is 0.165 e. The van der Waals surface area contributed by atoms with Crippen LogP contribution in [0.1, 0.15) is 25.3 Å². The van der Waals surface area contributed by atoms with Crippen LogP contribution in [-0.2, 0) is 0 Å². The lowest BCUT2D eigenvalue weighted by Gasteiger charge is -2.12. The number of anilines is 1. The van der Waals surface area contributed by atoms with Crippen molar-refractivity contribution < 1.29 is 5.11 Å². The zero-order valence-electron chi connectivity index (χ0n) is 11.1. The fourth-order valence-electron chi connectivity index (χ4n) is 2.72. The van der Waals surface area contributed by atoms with Crippen LogP contribution in [-0.4, -0.2) is 37.3 Å². The number of hydrogen-bond acceptors (Lipinski definition) is 5. The van der Waals surface area contributed by atoms with Gasteiger partial charge in [-0.3, -0.25) is 0 Å². The Balaban J connectivity index is 1.69. The number of allylic oxidation sites excluding steroid dienone is 1. The third-order valence-electron chi connectivity index (χ3n) is 4.02. The summed E-state index contributed by atoms with van der Waals surface area (Å²) >= 11 is 0. The van der Waals surface area contributed by atoms with Crippen LogP contribution in [0.15, 0.2) is 24.8 Å². The fraction of sp³-hybridized carbons (Fsp3) is 0.500. The van der Waals surface area contributed by atoms with E-state index < -0.39 is 0 Å². The normalized spacial score (nSPS) is 25.4. The molecule has 0 bridgehead atoms. The monoisotopic (exact) mass is 271 g/mol. The van der Waals surface area contributed by atoms with Crippen molar-refractivity contribution >= 4 is 17.0 Å². The number of aromatic nitrogens is 4. The van der Waals surface area contributed by atoms with Gasteiger partial charge >= 0.3 is 0 Å². The molecule has 0 saturated heterocycles. The summed E-state index contributed by atoms with van der Waals surface area (Å²) in [5, 5.41) is 12.6. The summed E-state index contributed by atoms with van der Waals surface area (Å²) in [5.74, 6) is 1.07. The first-order chi connectivity index (χ1) is 9.85. The van der Waals surface area contributed by atoms with Gasteiger partial charge in [-0.05, 0) is 19.3 Å². The van der Waals surface area contributed by atoms with E-state index in [1.54, 1.807) is 6.33 Å². The molecule has 2 heterocycles. The van der Waals surface area contributed by atoms with E-state index in [-0.39, 0.29) is 18.6 Å². The second-order valence-electron chi connectivity index (χ2n) is 5.60. The summed E-state index contributed by atoms with van der Waals surface area (Å²) in [6.07, 6.45) is 10.9. The largest absolute Gasteiger partial charge is 0.396 e. The predicted octanol–water partition coefficient (Wildman–Crippen LogP) is 1.51. The topological polar surface area (TPSA) is 75.9 Å². The lowest BCUT2D eigenvalue weighted by atomic mass is 10.1. The van der Waals surface area contributed by atoms with Crippen molar-refractivity contribution in [2.24, 2.45) is 5.92 Å². The molecular weight excluding hydrogens is 254 g/mol. The molecule has 2 aromatic heterocycles. The van der Waals surface area contributed by atoms with Crippen molar-refractivity contribution in [2.75, 3.05) is 11.9 Å². The maximum absolute atomic E-state index is 9.23. The van der Waals surface area contributed by atoms with Crippen molar-refractivity contribution in [3.8, 4) is 0 Å². The van der Waals surface area contributed by atoms with E-state index in [0.29, 0.717) is 6.04 Å². The second-order valence-corrected chi connectivity index (χ2v) is 5.60. The number of nitrogens with zero attached hydrogens (tertiary/aromatic N) is 4. The Morgan fingerprint density at radius 2 is 2.15 bits per heavy atom. The molecule has 1 saturated carbocycles. The quantitative estimate of drug-likeness (QED) is 0.824. The highest BCUT2D eigenvalue weighted by Gasteiger charge is 2.25. The van der Waals surface area contributed by atoms with Gasteiger partial charge in [-0.15, -0.1) is 0 Å². The summed E-state index contributed by atoms with van der Waals surface area (Å²) in [5.41, 5.74) is 1.69. The molecule has 0 amide bonds. The van der Waals surface area contributed by atoms with E-state index in [9.17, 15) is 5.11 Å². The van der Waals surface area contributed by atoms with E-state index in [1.807, 2.05) is 6.33 Å². The Labute approximate surface area is 116 Å².